The maximum Gasteiger partial charge on any atom is 0.389 e. The fraction of sp³-hybridized carbons (Fsp3) is 0.875. The van der Waals surface area contributed by atoms with Crippen molar-refractivity contribution in [1.82, 2.24) is 5.32 Å². The zero-order valence-corrected chi connectivity index (χ0v) is 8.11. The lowest BCUT2D eigenvalue weighted by Crippen LogP contribution is -2.42. The topological polar surface area (TPSA) is 49.3 Å². The van der Waals surface area contributed by atoms with E-state index in [0.717, 1.165) is 0 Å². The summed E-state index contributed by atoms with van der Waals surface area (Å²) < 4.78 is 35.0. The third kappa shape index (κ3) is 6.71. The molecule has 0 aliphatic rings. The summed E-state index contributed by atoms with van der Waals surface area (Å²) in [6.07, 6.45) is -5.30. The quantitative estimate of drug-likeness (QED) is 0.690. The molecule has 0 bridgehead atoms. The van der Waals surface area contributed by atoms with Crippen LogP contribution in [0, 0.1) is 0 Å². The fourth-order valence-electron chi connectivity index (χ4n) is 0.707. The van der Waals surface area contributed by atoms with E-state index in [9.17, 15) is 18.0 Å². The number of carbonyl (C=O) groups is 1. The van der Waals surface area contributed by atoms with Crippen LogP contribution < -0.4 is 5.32 Å². The molecule has 0 aromatic heterocycles. The number of hydrogen-bond acceptors (Lipinski definition) is 2. The standard InChI is InChI=1S/C8H14F3NO2/c1-7(2,14)6(13)12-5-3-4-8(9,10)11/h14H,3-5H2,1-2H3,(H,12,13). The Morgan fingerprint density at radius 1 is 1.36 bits per heavy atom. The van der Waals surface area contributed by atoms with Gasteiger partial charge in [-0.05, 0) is 20.3 Å². The Bertz CT molecular complexity index is 196. The van der Waals surface area contributed by atoms with Gasteiger partial charge in [0.2, 0.25) is 0 Å². The van der Waals surface area contributed by atoms with E-state index >= 15 is 0 Å². The molecule has 84 valence electrons. The number of carbonyl (C=O) groups excluding carboxylic acids is 1. The molecule has 0 fully saturated rings. The van der Waals surface area contributed by atoms with Crippen LogP contribution in [0.2, 0.25) is 0 Å². The number of halogens is 3. The lowest BCUT2D eigenvalue weighted by atomic mass is 10.1. The van der Waals surface area contributed by atoms with E-state index in [0.29, 0.717) is 0 Å². The molecule has 0 spiro atoms. The van der Waals surface area contributed by atoms with Crippen molar-refractivity contribution in [2.24, 2.45) is 0 Å². The van der Waals surface area contributed by atoms with Crippen LogP contribution in [0.15, 0.2) is 0 Å². The molecule has 3 nitrogen and oxygen atoms in total. The maximum atomic E-state index is 11.7. The molecule has 6 heteroatoms. The van der Waals surface area contributed by atoms with Gasteiger partial charge in [-0.25, -0.2) is 0 Å². The number of hydrogen-bond donors (Lipinski definition) is 2. The minimum atomic E-state index is -4.19. The van der Waals surface area contributed by atoms with Gasteiger partial charge >= 0.3 is 6.18 Å². The summed E-state index contributed by atoms with van der Waals surface area (Å²) in [5.74, 6) is -0.667. The summed E-state index contributed by atoms with van der Waals surface area (Å²) >= 11 is 0. The van der Waals surface area contributed by atoms with Crippen molar-refractivity contribution in [3.8, 4) is 0 Å². The van der Waals surface area contributed by atoms with Gasteiger partial charge in [0, 0.05) is 13.0 Å². The lowest BCUT2D eigenvalue weighted by molar-refractivity contribution is -0.140. The highest BCUT2D eigenvalue weighted by Crippen LogP contribution is 2.20. The van der Waals surface area contributed by atoms with Crippen LogP contribution in [0.4, 0.5) is 13.2 Å². The minimum absolute atomic E-state index is 0.0810. The number of alkyl halides is 3. The largest absolute Gasteiger partial charge is 0.389 e. The minimum Gasteiger partial charge on any atom is -0.381 e. The molecule has 0 aliphatic carbocycles. The molecular formula is C8H14F3NO2. The van der Waals surface area contributed by atoms with Gasteiger partial charge in [0.25, 0.3) is 5.91 Å². The first-order chi connectivity index (χ1) is 6.13. The zero-order chi connectivity index (χ0) is 11.4. The Hall–Kier alpha value is -0.780. The van der Waals surface area contributed by atoms with Crippen molar-refractivity contribution in [2.45, 2.75) is 38.5 Å². The second-order valence-electron chi connectivity index (χ2n) is 3.53. The summed E-state index contributed by atoms with van der Waals surface area (Å²) in [6, 6.07) is 0. The van der Waals surface area contributed by atoms with Crippen LogP contribution in [-0.4, -0.2) is 29.3 Å². The predicted molar refractivity (Wildman–Crippen MR) is 44.6 cm³/mol. The normalized spacial score (nSPS) is 12.7. The molecule has 0 heterocycles. The Labute approximate surface area is 80.3 Å². The van der Waals surface area contributed by atoms with Crippen LogP contribution in [-0.2, 0) is 4.79 Å². The summed E-state index contributed by atoms with van der Waals surface area (Å²) in [7, 11) is 0. The molecular weight excluding hydrogens is 199 g/mol. The van der Waals surface area contributed by atoms with Crippen molar-refractivity contribution < 1.29 is 23.1 Å². The van der Waals surface area contributed by atoms with Crippen LogP contribution in [0.1, 0.15) is 26.7 Å². The molecule has 0 radical (unpaired) electrons. The molecule has 0 saturated heterocycles. The van der Waals surface area contributed by atoms with E-state index in [1.165, 1.54) is 13.8 Å². The average Bonchev–Trinajstić information content (AvgIpc) is 1.93. The van der Waals surface area contributed by atoms with Gasteiger partial charge in [-0.1, -0.05) is 0 Å². The summed E-state index contributed by atoms with van der Waals surface area (Å²) in [4.78, 5) is 10.9. The van der Waals surface area contributed by atoms with E-state index in [2.05, 4.69) is 5.32 Å². The van der Waals surface area contributed by atoms with Crippen molar-refractivity contribution >= 4 is 5.91 Å². The highest BCUT2D eigenvalue weighted by atomic mass is 19.4. The monoisotopic (exact) mass is 213 g/mol. The molecule has 2 N–H and O–H groups in total. The Morgan fingerprint density at radius 2 is 1.86 bits per heavy atom. The van der Waals surface area contributed by atoms with Crippen molar-refractivity contribution in [3.63, 3.8) is 0 Å². The van der Waals surface area contributed by atoms with Gasteiger partial charge in [-0.3, -0.25) is 4.79 Å². The summed E-state index contributed by atoms with van der Waals surface area (Å²) in [6.45, 7) is 2.46. The van der Waals surface area contributed by atoms with Crippen molar-refractivity contribution in [2.75, 3.05) is 6.54 Å². The SMILES string of the molecule is CC(C)(O)C(=O)NCCCC(F)(F)F. The van der Waals surface area contributed by atoms with Crippen molar-refractivity contribution in [1.29, 1.82) is 0 Å². The highest BCUT2D eigenvalue weighted by molar-refractivity contribution is 5.83. The van der Waals surface area contributed by atoms with Crippen LogP contribution >= 0.6 is 0 Å². The molecule has 0 aliphatic heterocycles. The van der Waals surface area contributed by atoms with Gasteiger partial charge in [0.05, 0.1) is 0 Å². The second-order valence-corrected chi connectivity index (χ2v) is 3.53. The van der Waals surface area contributed by atoms with Crippen molar-refractivity contribution in [3.05, 3.63) is 0 Å². The predicted octanol–water partition coefficient (Wildman–Crippen LogP) is 1.22. The number of nitrogens with one attached hydrogen (secondary N) is 1. The van der Waals surface area contributed by atoms with Gasteiger partial charge in [0.15, 0.2) is 0 Å². The summed E-state index contributed by atoms with van der Waals surface area (Å²) in [5, 5.41) is 11.3. The molecule has 14 heavy (non-hydrogen) atoms. The van der Waals surface area contributed by atoms with E-state index in [-0.39, 0.29) is 13.0 Å². The number of aliphatic hydroxyl groups is 1. The van der Waals surface area contributed by atoms with E-state index in [1.807, 2.05) is 0 Å². The Morgan fingerprint density at radius 3 is 2.21 bits per heavy atom. The highest BCUT2D eigenvalue weighted by Gasteiger charge is 2.27. The molecule has 0 atom stereocenters. The third-order valence-electron chi connectivity index (χ3n) is 1.48. The van der Waals surface area contributed by atoms with Crippen LogP contribution in [0.25, 0.3) is 0 Å². The molecule has 0 aromatic rings. The van der Waals surface area contributed by atoms with E-state index in [1.54, 1.807) is 0 Å². The molecule has 0 saturated carbocycles. The fourth-order valence-corrected chi connectivity index (χ4v) is 0.707. The first-order valence-corrected chi connectivity index (χ1v) is 4.20. The van der Waals surface area contributed by atoms with Gasteiger partial charge in [-0.2, -0.15) is 13.2 Å². The average molecular weight is 213 g/mol. The smallest absolute Gasteiger partial charge is 0.381 e. The first kappa shape index (κ1) is 13.2. The molecule has 1 amide bonds. The van der Waals surface area contributed by atoms with E-state index < -0.39 is 24.1 Å². The molecule has 0 unspecified atom stereocenters. The molecule has 0 rings (SSSR count). The zero-order valence-electron chi connectivity index (χ0n) is 8.11. The van der Waals surface area contributed by atoms with Crippen LogP contribution in [0.3, 0.4) is 0 Å². The van der Waals surface area contributed by atoms with Gasteiger partial charge in [-0.15, -0.1) is 0 Å². The Kier molecular flexibility index (Phi) is 4.38. The maximum absolute atomic E-state index is 11.7. The van der Waals surface area contributed by atoms with Gasteiger partial charge in [0.1, 0.15) is 5.60 Å². The van der Waals surface area contributed by atoms with Gasteiger partial charge < -0.3 is 10.4 Å². The Balaban J connectivity index is 3.62. The second kappa shape index (κ2) is 4.63. The summed E-state index contributed by atoms with van der Waals surface area (Å²) in [5.41, 5.74) is -1.54. The number of rotatable bonds is 4. The first-order valence-electron chi connectivity index (χ1n) is 4.20. The molecule has 0 aromatic carbocycles. The third-order valence-corrected chi connectivity index (χ3v) is 1.48. The lowest BCUT2D eigenvalue weighted by Gasteiger charge is -2.16. The van der Waals surface area contributed by atoms with E-state index in [4.69, 9.17) is 5.11 Å². The van der Waals surface area contributed by atoms with Crippen LogP contribution in [0.5, 0.6) is 0 Å². The number of amides is 1.